The van der Waals surface area contributed by atoms with Gasteiger partial charge in [-0.25, -0.2) is 0 Å². The number of hydrogen-bond donors (Lipinski definition) is 0. The van der Waals surface area contributed by atoms with Crippen LogP contribution in [0.25, 0.3) is 0 Å². The van der Waals surface area contributed by atoms with Crippen LogP contribution in [0.5, 0.6) is 0 Å². The summed E-state index contributed by atoms with van der Waals surface area (Å²) >= 11 is 0. The van der Waals surface area contributed by atoms with E-state index in [1.54, 1.807) is 0 Å². The Bertz CT molecular complexity index is 164. The van der Waals surface area contributed by atoms with E-state index in [2.05, 4.69) is 38.5 Å². The Labute approximate surface area is 82.8 Å². The van der Waals surface area contributed by atoms with Gasteiger partial charge in [0, 0.05) is 18.0 Å². The molecule has 1 fully saturated rings. The molecule has 1 aliphatic heterocycles. The zero-order valence-electron chi connectivity index (χ0n) is 9.34. The lowest BCUT2D eigenvalue weighted by Gasteiger charge is -2.24. The highest BCUT2D eigenvalue weighted by Gasteiger charge is 2.37. The molecule has 0 aromatic rings. The molecule has 0 aromatic carbocycles. The fourth-order valence-electron chi connectivity index (χ4n) is 2.42. The SMILES string of the molecule is C=CC1(CCCC)CC(C)N(C)C1. The smallest absolute Gasteiger partial charge is 0.00729 e. The van der Waals surface area contributed by atoms with Gasteiger partial charge in [0.25, 0.3) is 0 Å². The third kappa shape index (κ3) is 2.34. The van der Waals surface area contributed by atoms with Crippen molar-refractivity contribution in [1.82, 2.24) is 4.90 Å². The largest absolute Gasteiger partial charge is 0.303 e. The molecule has 76 valence electrons. The molecule has 0 spiro atoms. The summed E-state index contributed by atoms with van der Waals surface area (Å²) in [6.45, 7) is 9.80. The predicted molar refractivity (Wildman–Crippen MR) is 58.9 cm³/mol. The maximum absolute atomic E-state index is 4.01. The van der Waals surface area contributed by atoms with Crippen LogP contribution in [0.2, 0.25) is 0 Å². The molecule has 0 amide bonds. The summed E-state index contributed by atoms with van der Waals surface area (Å²) in [6.07, 6.45) is 7.46. The van der Waals surface area contributed by atoms with Crippen LogP contribution in [-0.4, -0.2) is 24.5 Å². The minimum Gasteiger partial charge on any atom is -0.303 e. The minimum absolute atomic E-state index is 0.421. The van der Waals surface area contributed by atoms with Crippen molar-refractivity contribution in [2.45, 2.75) is 45.6 Å². The molecule has 1 saturated heterocycles. The monoisotopic (exact) mass is 181 g/mol. The fraction of sp³-hybridized carbons (Fsp3) is 0.833. The molecule has 0 N–H and O–H groups in total. The van der Waals surface area contributed by atoms with Gasteiger partial charge in [-0.1, -0.05) is 25.8 Å². The van der Waals surface area contributed by atoms with Crippen molar-refractivity contribution < 1.29 is 0 Å². The highest BCUT2D eigenvalue weighted by Crippen LogP contribution is 2.39. The van der Waals surface area contributed by atoms with Gasteiger partial charge in [0.05, 0.1) is 0 Å². The lowest BCUT2D eigenvalue weighted by atomic mass is 9.81. The minimum atomic E-state index is 0.421. The van der Waals surface area contributed by atoms with E-state index in [0.29, 0.717) is 5.41 Å². The molecular weight excluding hydrogens is 158 g/mol. The summed E-state index contributed by atoms with van der Waals surface area (Å²) in [4.78, 5) is 2.46. The van der Waals surface area contributed by atoms with E-state index in [9.17, 15) is 0 Å². The molecule has 1 aliphatic rings. The third-order valence-electron chi connectivity index (χ3n) is 3.48. The Morgan fingerprint density at radius 2 is 2.31 bits per heavy atom. The molecule has 1 heterocycles. The molecular formula is C12H23N. The van der Waals surface area contributed by atoms with E-state index in [1.807, 2.05) is 0 Å². The highest BCUT2D eigenvalue weighted by molar-refractivity contribution is 5.03. The van der Waals surface area contributed by atoms with Crippen LogP contribution >= 0.6 is 0 Å². The number of likely N-dealkylation sites (tertiary alicyclic amines) is 1. The highest BCUT2D eigenvalue weighted by atomic mass is 15.2. The van der Waals surface area contributed by atoms with E-state index < -0.39 is 0 Å². The van der Waals surface area contributed by atoms with Gasteiger partial charge < -0.3 is 4.90 Å². The lowest BCUT2D eigenvalue weighted by molar-refractivity contribution is 0.301. The van der Waals surface area contributed by atoms with Crippen LogP contribution in [0.15, 0.2) is 12.7 Å². The Morgan fingerprint density at radius 3 is 2.69 bits per heavy atom. The average Bonchev–Trinajstić information content (AvgIpc) is 2.40. The van der Waals surface area contributed by atoms with Gasteiger partial charge in [-0.3, -0.25) is 0 Å². The van der Waals surface area contributed by atoms with Crippen LogP contribution in [0, 0.1) is 5.41 Å². The standard InChI is InChI=1S/C12H23N/c1-5-7-8-12(6-2)9-11(3)13(4)10-12/h6,11H,2,5,7-10H2,1,3-4H3. The Balaban J connectivity index is 2.56. The normalized spacial score (nSPS) is 35.2. The first-order chi connectivity index (χ1) is 6.13. The van der Waals surface area contributed by atoms with Gasteiger partial charge in [0.15, 0.2) is 0 Å². The van der Waals surface area contributed by atoms with E-state index in [1.165, 1.54) is 32.2 Å². The first kappa shape index (κ1) is 10.8. The first-order valence-electron chi connectivity index (χ1n) is 5.47. The number of nitrogens with zero attached hydrogens (tertiary/aromatic N) is 1. The van der Waals surface area contributed by atoms with Crippen molar-refractivity contribution in [3.63, 3.8) is 0 Å². The number of rotatable bonds is 4. The molecule has 13 heavy (non-hydrogen) atoms. The summed E-state index contributed by atoms with van der Waals surface area (Å²) < 4.78 is 0. The summed E-state index contributed by atoms with van der Waals surface area (Å²) in [6, 6.07) is 0.731. The quantitative estimate of drug-likeness (QED) is 0.602. The zero-order chi connectivity index (χ0) is 9.90. The summed E-state index contributed by atoms with van der Waals surface area (Å²) in [7, 11) is 2.22. The maximum Gasteiger partial charge on any atom is 0.00729 e. The fourth-order valence-corrected chi connectivity index (χ4v) is 2.42. The Morgan fingerprint density at radius 1 is 1.62 bits per heavy atom. The second-order valence-electron chi connectivity index (χ2n) is 4.64. The molecule has 1 rings (SSSR count). The zero-order valence-corrected chi connectivity index (χ0v) is 9.34. The molecule has 0 saturated carbocycles. The second-order valence-corrected chi connectivity index (χ2v) is 4.64. The second kappa shape index (κ2) is 4.28. The van der Waals surface area contributed by atoms with E-state index in [4.69, 9.17) is 0 Å². The van der Waals surface area contributed by atoms with Crippen molar-refractivity contribution in [3.8, 4) is 0 Å². The van der Waals surface area contributed by atoms with Crippen LogP contribution in [0.4, 0.5) is 0 Å². The van der Waals surface area contributed by atoms with Crippen molar-refractivity contribution in [3.05, 3.63) is 12.7 Å². The van der Waals surface area contributed by atoms with Crippen molar-refractivity contribution in [2.24, 2.45) is 5.41 Å². The Kier molecular flexibility index (Phi) is 3.55. The number of hydrogen-bond acceptors (Lipinski definition) is 1. The topological polar surface area (TPSA) is 3.24 Å². The van der Waals surface area contributed by atoms with E-state index in [0.717, 1.165) is 6.04 Å². The van der Waals surface area contributed by atoms with Gasteiger partial charge in [-0.05, 0) is 26.8 Å². The van der Waals surface area contributed by atoms with Crippen LogP contribution in [0.1, 0.15) is 39.5 Å². The average molecular weight is 181 g/mol. The number of unbranched alkanes of at least 4 members (excludes halogenated alkanes) is 1. The summed E-state index contributed by atoms with van der Waals surface area (Å²) in [5, 5.41) is 0. The van der Waals surface area contributed by atoms with Crippen LogP contribution in [-0.2, 0) is 0 Å². The molecule has 0 aliphatic carbocycles. The molecule has 0 bridgehead atoms. The van der Waals surface area contributed by atoms with E-state index >= 15 is 0 Å². The van der Waals surface area contributed by atoms with Crippen molar-refractivity contribution >= 4 is 0 Å². The Hall–Kier alpha value is -0.300. The molecule has 2 atom stereocenters. The molecule has 1 heteroatoms. The van der Waals surface area contributed by atoms with Gasteiger partial charge in [0.1, 0.15) is 0 Å². The van der Waals surface area contributed by atoms with Gasteiger partial charge >= 0.3 is 0 Å². The van der Waals surface area contributed by atoms with Crippen molar-refractivity contribution in [1.29, 1.82) is 0 Å². The van der Waals surface area contributed by atoms with E-state index in [-0.39, 0.29) is 0 Å². The molecule has 1 nitrogen and oxygen atoms in total. The first-order valence-corrected chi connectivity index (χ1v) is 5.47. The maximum atomic E-state index is 4.01. The molecule has 0 aromatic heterocycles. The van der Waals surface area contributed by atoms with Gasteiger partial charge in [-0.15, -0.1) is 6.58 Å². The summed E-state index contributed by atoms with van der Waals surface area (Å²) in [5.41, 5.74) is 0.421. The van der Waals surface area contributed by atoms with Gasteiger partial charge in [0.2, 0.25) is 0 Å². The summed E-state index contributed by atoms with van der Waals surface area (Å²) in [5.74, 6) is 0. The molecule has 0 radical (unpaired) electrons. The van der Waals surface area contributed by atoms with Crippen LogP contribution < -0.4 is 0 Å². The third-order valence-corrected chi connectivity index (χ3v) is 3.48. The van der Waals surface area contributed by atoms with Crippen molar-refractivity contribution in [2.75, 3.05) is 13.6 Å². The van der Waals surface area contributed by atoms with Crippen LogP contribution in [0.3, 0.4) is 0 Å². The molecule has 2 unspecified atom stereocenters. The lowest BCUT2D eigenvalue weighted by Crippen LogP contribution is -2.24. The van der Waals surface area contributed by atoms with Gasteiger partial charge in [-0.2, -0.15) is 0 Å². The predicted octanol–water partition coefficient (Wildman–Crippen LogP) is 3.07.